The minimum atomic E-state index is -1.16. The van der Waals surface area contributed by atoms with Crippen LogP contribution in [0.3, 0.4) is 0 Å². The summed E-state index contributed by atoms with van der Waals surface area (Å²) in [5.41, 5.74) is 3.06. The molecular formula is C35H42O7. The van der Waals surface area contributed by atoms with Crippen molar-refractivity contribution in [1.82, 2.24) is 0 Å². The van der Waals surface area contributed by atoms with E-state index in [1.165, 1.54) is 6.08 Å². The minimum Gasteiger partial charge on any atom is -0.394 e. The molecule has 7 atom stereocenters. The largest absolute Gasteiger partial charge is 0.394 e. The average molecular weight is 575 g/mol. The van der Waals surface area contributed by atoms with E-state index in [0.29, 0.717) is 26.2 Å². The van der Waals surface area contributed by atoms with Crippen LogP contribution in [0, 0.1) is 0 Å². The molecule has 7 nitrogen and oxygen atoms in total. The molecule has 3 aromatic rings. The highest BCUT2D eigenvalue weighted by molar-refractivity contribution is 5.15. The lowest BCUT2D eigenvalue weighted by atomic mass is 9.92. The van der Waals surface area contributed by atoms with Crippen LogP contribution in [-0.4, -0.2) is 66.2 Å². The second-order valence-corrected chi connectivity index (χ2v) is 10.3. The van der Waals surface area contributed by atoms with Gasteiger partial charge in [-0.15, -0.1) is 13.2 Å². The van der Waals surface area contributed by atoms with Gasteiger partial charge in [-0.25, -0.2) is 0 Å². The van der Waals surface area contributed by atoms with E-state index in [1.54, 1.807) is 6.08 Å². The monoisotopic (exact) mass is 574 g/mol. The zero-order chi connectivity index (χ0) is 29.6. The van der Waals surface area contributed by atoms with Gasteiger partial charge in [-0.3, -0.25) is 0 Å². The summed E-state index contributed by atoms with van der Waals surface area (Å²) in [6, 6.07) is 29.8. The van der Waals surface area contributed by atoms with Crippen molar-refractivity contribution in [2.75, 3.05) is 13.2 Å². The number of aliphatic hydroxyl groups is 2. The SMILES string of the molecule is C=CC[C@@H]1O[C@H](COCc2ccccc2)[C@@H](OCc2ccccc2)[C@H](OCc2ccccc2)[C@H]1OC(C=C)C(O)CO. The maximum atomic E-state index is 10.5. The topological polar surface area (TPSA) is 86.6 Å². The van der Waals surface area contributed by atoms with E-state index in [4.69, 9.17) is 23.7 Å². The van der Waals surface area contributed by atoms with Gasteiger partial charge in [-0.1, -0.05) is 103 Å². The Kier molecular flexibility index (Phi) is 12.9. The van der Waals surface area contributed by atoms with Crippen LogP contribution in [-0.2, 0) is 43.5 Å². The smallest absolute Gasteiger partial charge is 0.115 e. The molecule has 0 aromatic heterocycles. The molecule has 1 fully saturated rings. The Morgan fingerprint density at radius 3 is 1.74 bits per heavy atom. The fourth-order valence-electron chi connectivity index (χ4n) is 5.02. The molecule has 7 heteroatoms. The molecule has 0 bridgehead atoms. The minimum absolute atomic E-state index is 0.268. The van der Waals surface area contributed by atoms with Crippen LogP contribution in [0.5, 0.6) is 0 Å². The number of ether oxygens (including phenoxy) is 5. The van der Waals surface area contributed by atoms with E-state index in [0.717, 1.165) is 16.7 Å². The predicted octanol–water partition coefficient (Wildman–Crippen LogP) is 5.01. The second kappa shape index (κ2) is 17.1. The first-order valence-electron chi connectivity index (χ1n) is 14.4. The third-order valence-electron chi connectivity index (χ3n) is 7.21. The van der Waals surface area contributed by atoms with Crippen LogP contribution in [0.4, 0.5) is 0 Å². The van der Waals surface area contributed by atoms with Crippen molar-refractivity contribution < 1.29 is 33.9 Å². The maximum Gasteiger partial charge on any atom is 0.115 e. The summed E-state index contributed by atoms with van der Waals surface area (Å²) < 4.78 is 32.4. The summed E-state index contributed by atoms with van der Waals surface area (Å²) in [6.45, 7) is 8.61. The van der Waals surface area contributed by atoms with Gasteiger partial charge in [0.25, 0.3) is 0 Å². The summed E-state index contributed by atoms with van der Waals surface area (Å²) in [6.07, 6.45) is -1.08. The van der Waals surface area contributed by atoms with E-state index in [1.807, 2.05) is 91.0 Å². The van der Waals surface area contributed by atoms with Crippen LogP contribution < -0.4 is 0 Å². The number of rotatable bonds is 17. The van der Waals surface area contributed by atoms with Crippen molar-refractivity contribution in [3.05, 3.63) is 133 Å². The summed E-state index contributed by atoms with van der Waals surface area (Å²) >= 11 is 0. The van der Waals surface area contributed by atoms with Crippen LogP contribution in [0.1, 0.15) is 23.1 Å². The summed E-state index contributed by atoms with van der Waals surface area (Å²) in [5, 5.41) is 20.1. The number of aliphatic hydroxyl groups excluding tert-OH is 2. The van der Waals surface area contributed by atoms with E-state index >= 15 is 0 Å². The molecule has 2 N–H and O–H groups in total. The van der Waals surface area contributed by atoms with E-state index in [9.17, 15) is 10.2 Å². The maximum absolute atomic E-state index is 10.5. The summed E-state index contributed by atoms with van der Waals surface area (Å²) in [5.74, 6) is 0. The second-order valence-electron chi connectivity index (χ2n) is 10.3. The lowest BCUT2D eigenvalue weighted by Gasteiger charge is -2.47. The van der Waals surface area contributed by atoms with Gasteiger partial charge in [-0.05, 0) is 23.1 Å². The summed E-state index contributed by atoms with van der Waals surface area (Å²) in [7, 11) is 0. The van der Waals surface area contributed by atoms with Crippen molar-refractivity contribution in [3.8, 4) is 0 Å². The van der Waals surface area contributed by atoms with E-state index in [-0.39, 0.29) is 6.61 Å². The van der Waals surface area contributed by atoms with Crippen molar-refractivity contribution in [3.63, 3.8) is 0 Å². The molecule has 2 unspecified atom stereocenters. The molecule has 0 saturated carbocycles. The van der Waals surface area contributed by atoms with Crippen molar-refractivity contribution in [2.45, 2.75) is 69.0 Å². The molecule has 1 aliphatic heterocycles. The van der Waals surface area contributed by atoms with Crippen LogP contribution in [0.25, 0.3) is 0 Å². The molecule has 1 saturated heterocycles. The van der Waals surface area contributed by atoms with Crippen molar-refractivity contribution >= 4 is 0 Å². The molecular weight excluding hydrogens is 532 g/mol. The van der Waals surface area contributed by atoms with Gasteiger partial charge in [0.1, 0.15) is 36.6 Å². The fourth-order valence-corrected chi connectivity index (χ4v) is 5.02. The highest BCUT2D eigenvalue weighted by atomic mass is 16.6. The zero-order valence-electron chi connectivity index (χ0n) is 23.9. The van der Waals surface area contributed by atoms with Gasteiger partial charge in [0.2, 0.25) is 0 Å². The Hall–Kier alpha value is -3.14. The highest BCUT2D eigenvalue weighted by Crippen LogP contribution is 2.33. The molecule has 1 heterocycles. The highest BCUT2D eigenvalue weighted by Gasteiger charge is 2.49. The molecule has 0 radical (unpaired) electrons. The molecule has 3 aromatic carbocycles. The molecule has 42 heavy (non-hydrogen) atoms. The lowest BCUT2D eigenvalue weighted by Crippen LogP contribution is -2.62. The average Bonchev–Trinajstić information content (AvgIpc) is 3.04. The van der Waals surface area contributed by atoms with Crippen molar-refractivity contribution in [1.29, 1.82) is 0 Å². The summed E-state index contributed by atoms with van der Waals surface area (Å²) in [4.78, 5) is 0. The Morgan fingerprint density at radius 1 is 0.714 bits per heavy atom. The first-order chi connectivity index (χ1) is 20.6. The fraction of sp³-hybridized carbons (Fsp3) is 0.371. The Balaban J connectivity index is 1.63. The van der Waals surface area contributed by atoms with Crippen molar-refractivity contribution in [2.24, 2.45) is 0 Å². The lowest BCUT2D eigenvalue weighted by molar-refractivity contribution is -0.278. The van der Waals surface area contributed by atoms with Gasteiger partial charge < -0.3 is 33.9 Å². The third kappa shape index (κ3) is 9.18. The standard InChI is InChI=1S/C35H42O7/c1-3-14-31-34(42-30(4-2)29(37)21-36)35(40-24-28-19-12-7-13-20-28)33(39-23-27-17-10-6-11-18-27)32(41-31)25-38-22-26-15-8-5-9-16-26/h3-13,15-20,29-37H,1-2,14,21-25H2/t29?,30?,31-,32+,33+,34-,35-/m0/s1. The normalized spacial score (nSPS) is 23.6. The molecule has 224 valence electrons. The number of hydrogen-bond acceptors (Lipinski definition) is 7. The van der Waals surface area contributed by atoms with E-state index < -0.39 is 49.3 Å². The van der Waals surface area contributed by atoms with Crippen LogP contribution >= 0.6 is 0 Å². The molecule has 4 rings (SSSR count). The van der Waals surface area contributed by atoms with Gasteiger partial charge in [0.15, 0.2) is 0 Å². The Bertz CT molecular complexity index is 1170. The molecule has 0 amide bonds. The number of benzene rings is 3. The first-order valence-corrected chi connectivity index (χ1v) is 14.4. The third-order valence-corrected chi connectivity index (χ3v) is 7.21. The number of hydrogen-bond donors (Lipinski definition) is 2. The van der Waals surface area contributed by atoms with Gasteiger partial charge in [0, 0.05) is 0 Å². The Labute approximate surface area is 249 Å². The predicted molar refractivity (Wildman–Crippen MR) is 162 cm³/mol. The Morgan fingerprint density at radius 2 is 1.24 bits per heavy atom. The first kappa shape index (κ1) is 31.8. The van der Waals surface area contributed by atoms with E-state index in [2.05, 4.69) is 13.2 Å². The van der Waals surface area contributed by atoms with Gasteiger partial charge in [0.05, 0.1) is 39.1 Å². The van der Waals surface area contributed by atoms with Gasteiger partial charge >= 0.3 is 0 Å². The quantitative estimate of drug-likeness (QED) is 0.219. The molecule has 0 spiro atoms. The molecule has 0 aliphatic carbocycles. The zero-order valence-corrected chi connectivity index (χ0v) is 23.9. The van der Waals surface area contributed by atoms with Gasteiger partial charge in [-0.2, -0.15) is 0 Å². The molecule has 1 aliphatic rings. The van der Waals surface area contributed by atoms with Crippen LogP contribution in [0.2, 0.25) is 0 Å². The van der Waals surface area contributed by atoms with Crippen LogP contribution in [0.15, 0.2) is 116 Å².